The number of benzene rings is 2. The molecule has 2 N–H and O–H groups in total. The van der Waals surface area contributed by atoms with Gasteiger partial charge in [-0.2, -0.15) is 9.97 Å². The van der Waals surface area contributed by atoms with Crippen LogP contribution in [0, 0.1) is 24.0 Å². The van der Waals surface area contributed by atoms with E-state index in [9.17, 15) is 13.9 Å². The third-order valence-corrected chi connectivity index (χ3v) is 10.6. The van der Waals surface area contributed by atoms with Crippen LogP contribution in [0.4, 0.5) is 19.0 Å². The standard InChI is InChI=1S/C34H31F3N6O3/c1-2-21-23(36)6-4-17-10-20(44)11-22(26(17)21)29-28(37)30-27-31(43-14-19-5-7-24(38-19)25(43)15-45-32(27)39-29)41-33(40-30)46-16-34-8-3-9-42(34)13-18(35)12-34/h1,4,6,10-11,18-19,24-25,38,44H,3,5,7-9,12-16H2/t18-,19?,24-,25+,34+/m1/s1. The first kappa shape index (κ1) is 27.9. The fourth-order valence-electron chi connectivity index (χ4n) is 8.56. The number of aromatic nitrogens is 3. The van der Waals surface area contributed by atoms with Gasteiger partial charge in [-0.15, -0.1) is 6.42 Å². The summed E-state index contributed by atoms with van der Waals surface area (Å²) in [7, 11) is 0. The predicted molar refractivity (Wildman–Crippen MR) is 165 cm³/mol. The van der Waals surface area contributed by atoms with Crippen molar-refractivity contribution in [2.75, 3.05) is 37.7 Å². The van der Waals surface area contributed by atoms with Crippen LogP contribution in [0.2, 0.25) is 0 Å². The minimum absolute atomic E-state index is 0.0179. The Bertz CT molecular complexity index is 1990. The van der Waals surface area contributed by atoms with E-state index in [-0.39, 0.29) is 76.7 Å². The van der Waals surface area contributed by atoms with Crippen LogP contribution in [0.15, 0.2) is 24.3 Å². The van der Waals surface area contributed by atoms with Crippen molar-refractivity contribution in [1.29, 1.82) is 0 Å². The number of nitrogens with zero attached hydrogens (tertiary/aromatic N) is 5. The molecule has 2 aromatic carbocycles. The summed E-state index contributed by atoms with van der Waals surface area (Å²) < 4.78 is 59.1. The van der Waals surface area contributed by atoms with Crippen LogP contribution in [-0.2, 0) is 0 Å². The highest BCUT2D eigenvalue weighted by Crippen LogP contribution is 2.45. The van der Waals surface area contributed by atoms with Crippen LogP contribution in [0.3, 0.4) is 0 Å². The Kier molecular flexibility index (Phi) is 6.12. The van der Waals surface area contributed by atoms with Crippen LogP contribution in [0.25, 0.3) is 32.9 Å². The molecule has 0 amide bonds. The second-order valence-electron chi connectivity index (χ2n) is 13.2. The number of pyridine rings is 1. The molecule has 0 aliphatic carbocycles. The first-order valence-corrected chi connectivity index (χ1v) is 15.8. The number of anilines is 1. The maximum atomic E-state index is 17.0. The Labute approximate surface area is 262 Å². The molecule has 46 heavy (non-hydrogen) atoms. The Morgan fingerprint density at radius 1 is 1.15 bits per heavy atom. The fraction of sp³-hybridized carbons (Fsp3) is 0.441. The first-order chi connectivity index (χ1) is 22.3. The molecule has 4 saturated heterocycles. The first-order valence-electron chi connectivity index (χ1n) is 15.8. The summed E-state index contributed by atoms with van der Waals surface area (Å²) in [6, 6.07) is 5.72. The highest BCUT2D eigenvalue weighted by atomic mass is 19.1. The molecule has 9 rings (SSSR count). The largest absolute Gasteiger partial charge is 0.508 e. The summed E-state index contributed by atoms with van der Waals surface area (Å²) in [5.41, 5.74) is -0.688. The van der Waals surface area contributed by atoms with Crippen molar-refractivity contribution in [3.63, 3.8) is 0 Å². The van der Waals surface area contributed by atoms with Crippen molar-refractivity contribution in [2.24, 2.45) is 0 Å². The highest BCUT2D eigenvalue weighted by Gasteiger charge is 2.50. The molecule has 1 unspecified atom stereocenters. The number of fused-ring (bicyclic) bond motifs is 7. The number of hydrogen-bond donors (Lipinski definition) is 2. The van der Waals surface area contributed by atoms with Crippen molar-refractivity contribution in [1.82, 2.24) is 25.2 Å². The van der Waals surface area contributed by atoms with Crippen molar-refractivity contribution < 1.29 is 27.8 Å². The molecule has 0 saturated carbocycles. The zero-order valence-corrected chi connectivity index (χ0v) is 24.9. The summed E-state index contributed by atoms with van der Waals surface area (Å²) in [4.78, 5) is 18.4. The monoisotopic (exact) mass is 628 g/mol. The SMILES string of the molecule is C#Cc1c(F)ccc2cc(O)cc(-c3nc4c5c(nc(OC[C@@]67CCCN6C[C@H](F)C7)nc5c3F)N3CC5CC[C@@H](N5)[C@@H]3CO4)c12. The molecule has 4 fully saturated rings. The second kappa shape index (κ2) is 10.1. The van der Waals surface area contributed by atoms with E-state index in [1.807, 2.05) is 0 Å². The number of ether oxygens (including phenoxy) is 2. The predicted octanol–water partition coefficient (Wildman–Crippen LogP) is 4.47. The molecule has 2 bridgehead atoms. The molecule has 12 heteroatoms. The molecular weight excluding hydrogens is 597 g/mol. The van der Waals surface area contributed by atoms with Gasteiger partial charge in [0.25, 0.3) is 0 Å². The second-order valence-corrected chi connectivity index (χ2v) is 13.2. The number of aromatic hydroxyl groups is 1. The maximum Gasteiger partial charge on any atom is 0.319 e. The minimum atomic E-state index is -0.927. The van der Waals surface area contributed by atoms with Crippen molar-refractivity contribution >= 4 is 27.5 Å². The number of phenolic OH excluding ortho intramolecular Hbond substituents is 1. The fourth-order valence-corrected chi connectivity index (χ4v) is 8.56. The Balaban J connectivity index is 1.25. The third-order valence-electron chi connectivity index (χ3n) is 10.6. The molecule has 0 radical (unpaired) electrons. The van der Waals surface area contributed by atoms with E-state index in [0.717, 1.165) is 32.2 Å². The molecule has 4 aromatic rings. The molecule has 7 heterocycles. The smallest absolute Gasteiger partial charge is 0.319 e. The van der Waals surface area contributed by atoms with Gasteiger partial charge >= 0.3 is 6.01 Å². The van der Waals surface area contributed by atoms with E-state index in [2.05, 4.69) is 31.0 Å². The lowest BCUT2D eigenvalue weighted by Crippen LogP contribution is -2.60. The Hall–Kier alpha value is -4.34. The number of nitrogens with one attached hydrogen (secondary N) is 1. The van der Waals surface area contributed by atoms with E-state index in [0.29, 0.717) is 36.1 Å². The van der Waals surface area contributed by atoms with Crippen molar-refractivity contribution in [3.05, 3.63) is 41.5 Å². The van der Waals surface area contributed by atoms with Gasteiger partial charge < -0.3 is 24.8 Å². The average Bonchev–Trinajstić information content (AvgIpc) is 3.68. The number of hydrogen-bond acceptors (Lipinski definition) is 9. The molecule has 5 atom stereocenters. The van der Waals surface area contributed by atoms with Crippen molar-refractivity contribution in [2.45, 2.75) is 61.9 Å². The number of phenols is 1. The van der Waals surface area contributed by atoms with Crippen LogP contribution >= 0.6 is 0 Å². The molecule has 9 nitrogen and oxygen atoms in total. The molecular formula is C34H31F3N6O3. The highest BCUT2D eigenvalue weighted by molar-refractivity contribution is 6.04. The molecule has 5 aliphatic heterocycles. The summed E-state index contributed by atoms with van der Waals surface area (Å²) in [6.45, 7) is 2.27. The average molecular weight is 629 g/mol. The molecule has 2 aromatic heterocycles. The van der Waals surface area contributed by atoms with Gasteiger partial charge in [0, 0.05) is 42.5 Å². The number of alkyl halides is 1. The number of halogens is 3. The third kappa shape index (κ3) is 4.07. The number of piperazine rings is 1. The Morgan fingerprint density at radius 2 is 2.04 bits per heavy atom. The topological polar surface area (TPSA) is 95.9 Å². The van der Waals surface area contributed by atoms with Crippen LogP contribution in [0.5, 0.6) is 17.6 Å². The van der Waals surface area contributed by atoms with E-state index in [1.165, 1.54) is 24.3 Å². The Morgan fingerprint density at radius 3 is 2.91 bits per heavy atom. The summed E-state index contributed by atoms with van der Waals surface area (Å²) in [5.74, 6) is 1.35. The van der Waals surface area contributed by atoms with Gasteiger partial charge in [0.05, 0.1) is 17.1 Å². The maximum absolute atomic E-state index is 17.0. The summed E-state index contributed by atoms with van der Waals surface area (Å²) in [5, 5.41) is 15.3. The van der Waals surface area contributed by atoms with Crippen LogP contribution < -0.4 is 19.7 Å². The quantitative estimate of drug-likeness (QED) is 0.318. The van der Waals surface area contributed by atoms with Gasteiger partial charge in [0.1, 0.15) is 53.4 Å². The van der Waals surface area contributed by atoms with Gasteiger partial charge in [-0.25, -0.2) is 18.2 Å². The minimum Gasteiger partial charge on any atom is -0.508 e. The van der Waals surface area contributed by atoms with Gasteiger partial charge in [-0.1, -0.05) is 12.0 Å². The molecule has 0 spiro atoms. The summed E-state index contributed by atoms with van der Waals surface area (Å²) >= 11 is 0. The van der Waals surface area contributed by atoms with Crippen LogP contribution in [-0.4, -0.2) is 87.6 Å². The zero-order valence-electron chi connectivity index (χ0n) is 24.9. The van der Waals surface area contributed by atoms with E-state index in [4.69, 9.17) is 20.9 Å². The molecule has 5 aliphatic rings. The van der Waals surface area contributed by atoms with Gasteiger partial charge in [0.2, 0.25) is 5.88 Å². The lowest BCUT2D eigenvalue weighted by atomic mass is 9.95. The van der Waals surface area contributed by atoms with E-state index >= 15 is 4.39 Å². The van der Waals surface area contributed by atoms with Crippen molar-refractivity contribution in [3.8, 4) is 41.2 Å². The molecule has 236 valence electrons. The normalized spacial score (nSPS) is 28.2. The number of rotatable bonds is 4. The van der Waals surface area contributed by atoms with Crippen LogP contribution in [0.1, 0.15) is 37.7 Å². The summed E-state index contributed by atoms with van der Waals surface area (Å²) in [6.07, 6.45) is 8.89. The van der Waals surface area contributed by atoms with Gasteiger partial charge in [0.15, 0.2) is 5.82 Å². The van der Waals surface area contributed by atoms with Gasteiger partial charge in [-0.3, -0.25) is 4.90 Å². The van der Waals surface area contributed by atoms with E-state index in [1.54, 1.807) is 0 Å². The lowest BCUT2D eigenvalue weighted by molar-refractivity contribution is 0.107. The zero-order chi connectivity index (χ0) is 31.3. The number of terminal acetylenes is 1. The van der Waals surface area contributed by atoms with Gasteiger partial charge in [-0.05, 0) is 55.8 Å². The van der Waals surface area contributed by atoms with E-state index < -0.39 is 23.3 Å². The lowest BCUT2D eigenvalue weighted by Gasteiger charge is -2.40.